The Hall–Kier alpha value is -2.04. The second kappa shape index (κ2) is 4.57. The van der Waals surface area contributed by atoms with E-state index in [4.69, 9.17) is 10.5 Å². The molecule has 1 aromatic carbocycles. The first-order chi connectivity index (χ1) is 9.19. The van der Waals surface area contributed by atoms with E-state index in [1.165, 1.54) is 0 Å². The van der Waals surface area contributed by atoms with Crippen LogP contribution in [0.1, 0.15) is 19.3 Å². The number of hydrogen-bond acceptors (Lipinski definition) is 3. The Morgan fingerprint density at radius 3 is 2.79 bits per heavy atom. The number of piperidine rings is 1. The molecule has 2 N–H and O–H groups in total. The number of carbonyl (C=O) groups excluding carboxylic acids is 1. The summed E-state index contributed by atoms with van der Waals surface area (Å²) in [5, 5.41) is 0. The van der Waals surface area contributed by atoms with Gasteiger partial charge in [-0.2, -0.15) is 0 Å². The van der Waals surface area contributed by atoms with E-state index < -0.39 is 0 Å². The number of nitrogens with zero attached hydrogens (tertiary/aromatic N) is 2. The van der Waals surface area contributed by atoms with Gasteiger partial charge < -0.3 is 15.4 Å². The van der Waals surface area contributed by atoms with Crippen molar-refractivity contribution in [1.82, 2.24) is 4.90 Å². The number of fused-ring (bicyclic) bond motifs is 1. The molecule has 0 bridgehead atoms. The van der Waals surface area contributed by atoms with Gasteiger partial charge in [-0.1, -0.05) is 12.1 Å². The van der Waals surface area contributed by atoms with E-state index in [-0.39, 0.29) is 11.6 Å². The third-order valence-electron chi connectivity index (χ3n) is 3.87. The molecule has 2 amide bonds. The topological polar surface area (TPSA) is 67.9 Å². The number of urea groups is 1. The summed E-state index contributed by atoms with van der Waals surface area (Å²) < 4.78 is 6.21. The normalized spacial score (nSPS) is 20.5. The fraction of sp³-hybridized carbons (Fsp3) is 0.429. The average molecular weight is 259 g/mol. The molecule has 3 rings (SSSR count). The predicted molar refractivity (Wildman–Crippen MR) is 73.0 cm³/mol. The van der Waals surface area contributed by atoms with Gasteiger partial charge in [0.15, 0.2) is 0 Å². The quantitative estimate of drug-likeness (QED) is 0.775. The molecule has 0 saturated carbocycles. The Balaban J connectivity index is 1.80. The summed E-state index contributed by atoms with van der Waals surface area (Å²) in [7, 11) is 0. The van der Waals surface area contributed by atoms with Crippen molar-refractivity contribution in [3.05, 3.63) is 24.3 Å². The van der Waals surface area contributed by atoms with Crippen molar-refractivity contribution >= 4 is 17.9 Å². The standard InChI is InChI=1S/C14H17N3O2/c15-13(18)17-9-6-14(7-10-17)5-8-16-11-3-1-2-4-12(11)19-14/h1-4,8H,5-7,9-10H2,(H2,15,18). The van der Waals surface area contributed by atoms with Gasteiger partial charge in [-0.25, -0.2) is 4.79 Å². The van der Waals surface area contributed by atoms with Crippen molar-refractivity contribution in [2.75, 3.05) is 13.1 Å². The van der Waals surface area contributed by atoms with Crippen LogP contribution in [0.2, 0.25) is 0 Å². The molecule has 2 aliphatic heterocycles. The summed E-state index contributed by atoms with van der Waals surface area (Å²) in [6.45, 7) is 1.29. The molecule has 1 fully saturated rings. The van der Waals surface area contributed by atoms with Crippen LogP contribution in [-0.2, 0) is 0 Å². The SMILES string of the molecule is NC(=O)N1CCC2(CC=Nc3ccccc3O2)CC1. The first kappa shape index (κ1) is 12.0. The van der Waals surface area contributed by atoms with Crippen LogP contribution in [0.15, 0.2) is 29.3 Å². The Kier molecular flexibility index (Phi) is 2.89. The van der Waals surface area contributed by atoms with Gasteiger partial charge in [-0.05, 0) is 12.1 Å². The number of aliphatic imine (C=N–C) groups is 1. The van der Waals surface area contributed by atoms with Crippen LogP contribution in [0.25, 0.3) is 0 Å². The fourth-order valence-corrected chi connectivity index (χ4v) is 2.68. The van der Waals surface area contributed by atoms with E-state index in [0.29, 0.717) is 13.1 Å². The van der Waals surface area contributed by atoms with Crippen LogP contribution in [0.4, 0.5) is 10.5 Å². The lowest BCUT2D eigenvalue weighted by molar-refractivity contribution is 0.0206. The van der Waals surface area contributed by atoms with Gasteiger partial charge >= 0.3 is 6.03 Å². The Bertz CT molecular complexity index is 519. The van der Waals surface area contributed by atoms with Gasteiger partial charge in [0.1, 0.15) is 17.0 Å². The monoisotopic (exact) mass is 259 g/mol. The van der Waals surface area contributed by atoms with Crippen LogP contribution in [0.5, 0.6) is 5.75 Å². The number of rotatable bonds is 0. The number of ether oxygens (including phenoxy) is 1. The van der Waals surface area contributed by atoms with Gasteiger partial charge in [-0.15, -0.1) is 0 Å². The Labute approximate surface area is 112 Å². The van der Waals surface area contributed by atoms with Crippen molar-refractivity contribution in [2.45, 2.75) is 24.9 Å². The molecule has 5 nitrogen and oxygen atoms in total. The van der Waals surface area contributed by atoms with Crippen LogP contribution in [0.3, 0.4) is 0 Å². The first-order valence-corrected chi connectivity index (χ1v) is 6.54. The number of carbonyl (C=O) groups is 1. The highest BCUT2D eigenvalue weighted by Gasteiger charge is 2.38. The van der Waals surface area contributed by atoms with Gasteiger partial charge in [0, 0.05) is 38.6 Å². The highest BCUT2D eigenvalue weighted by Crippen LogP contribution is 2.38. The summed E-state index contributed by atoms with van der Waals surface area (Å²) >= 11 is 0. The maximum absolute atomic E-state index is 11.2. The van der Waals surface area contributed by atoms with E-state index in [0.717, 1.165) is 30.7 Å². The van der Waals surface area contributed by atoms with Crippen molar-refractivity contribution in [1.29, 1.82) is 0 Å². The zero-order valence-electron chi connectivity index (χ0n) is 10.7. The van der Waals surface area contributed by atoms with Gasteiger partial charge in [-0.3, -0.25) is 4.99 Å². The molecule has 5 heteroatoms. The van der Waals surface area contributed by atoms with E-state index in [9.17, 15) is 4.79 Å². The second-order valence-corrected chi connectivity index (χ2v) is 5.09. The van der Waals surface area contributed by atoms with E-state index >= 15 is 0 Å². The van der Waals surface area contributed by atoms with Crippen molar-refractivity contribution in [3.8, 4) is 5.75 Å². The number of hydrogen-bond donors (Lipinski definition) is 1. The molecule has 2 aliphatic rings. The first-order valence-electron chi connectivity index (χ1n) is 6.54. The third-order valence-corrected chi connectivity index (χ3v) is 3.87. The maximum atomic E-state index is 11.2. The minimum Gasteiger partial charge on any atom is -0.484 e. The number of likely N-dealkylation sites (tertiary alicyclic amines) is 1. The van der Waals surface area contributed by atoms with Crippen molar-refractivity contribution < 1.29 is 9.53 Å². The van der Waals surface area contributed by atoms with E-state index in [1.807, 2.05) is 30.5 Å². The minimum absolute atomic E-state index is 0.248. The molecular weight excluding hydrogens is 242 g/mol. The summed E-state index contributed by atoms with van der Waals surface area (Å²) in [4.78, 5) is 17.3. The zero-order chi connectivity index (χ0) is 13.3. The molecule has 2 heterocycles. The lowest BCUT2D eigenvalue weighted by atomic mass is 9.88. The molecule has 0 unspecified atom stereocenters. The van der Waals surface area contributed by atoms with Gasteiger partial charge in [0.05, 0.1) is 0 Å². The summed E-state index contributed by atoms with van der Waals surface area (Å²) in [5.74, 6) is 0.823. The zero-order valence-corrected chi connectivity index (χ0v) is 10.7. The Morgan fingerprint density at radius 1 is 1.32 bits per heavy atom. The second-order valence-electron chi connectivity index (χ2n) is 5.09. The minimum atomic E-state index is -0.350. The maximum Gasteiger partial charge on any atom is 0.314 e. The van der Waals surface area contributed by atoms with Crippen LogP contribution < -0.4 is 10.5 Å². The predicted octanol–water partition coefficient (Wildman–Crippen LogP) is 2.08. The van der Waals surface area contributed by atoms with Crippen LogP contribution >= 0.6 is 0 Å². The van der Waals surface area contributed by atoms with Crippen molar-refractivity contribution in [2.24, 2.45) is 10.7 Å². The summed E-state index contributed by atoms with van der Waals surface area (Å²) in [6.07, 6.45) is 4.27. The number of primary amides is 1. The molecule has 100 valence electrons. The van der Waals surface area contributed by atoms with Crippen LogP contribution in [0, 0.1) is 0 Å². The molecule has 0 aromatic heterocycles. The van der Waals surface area contributed by atoms with E-state index in [2.05, 4.69) is 4.99 Å². The van der Waals surface area contributed by atoms with Crippen LogP contribution in [-0.4, -0.2) is 35.8 Å². The number of benzene rings is 1. The number of para-hydroxylation sites is 2. The smallest absolute Gasteiger partial charge is 0.314 e. The number of amides is 2. The molecule has 1 spiro atoms. The molecule has 1 aromatic rings. The lowest BCUT2D eigenvalue weighted by Crippen LogP contribution is -2.51. The highest BCUT2D eigenvalue weighted by atomic mass is 16.5. The van der Waals surface area contributed by atoms with Gasteiger partial charge in [0.25, 0.3) is 0 Å². The van der Waals surface area contributed by atoms with Crippen molar-refractivity contribution in [3.63, 3.8) is 0 Å². The Morgan fingerprint density at radius 2 is 2.05 bits per heavy atom. The molecular formula is C14H17N3O2. The average Bonchev–Trinajstić information content (AvgIpc) is 2.58. The molecule has 1 saturated heterocycles. The van der Waals surface area contributed by atoms with Gasteiger partial charge in [0.2, 0.25) is 0 Å². The number of nitrogens with two attached hydrogens (primary N) is 1. The molecule has 19 heavy (non-hydrogen) atoms. The molecule has 0 aliphatic carbocycles. The summed E-state index contributed by atoms with van der Waals surface area (Å²) in [6, 6.07) is 7.44. The fourth-order valence-electron chi connectivity index (χ4n) is 2.68. The largest absolute Gasteiger partial charge is 0.484 e. The van der Waals surface area contributed by atoms with E-state index in [1.54, 1.807) is 4.90 Å². The third kappa shape index (κ3) is 2.28. The lowest BCUT2D eigenvalue weighted by Gasteiger charge is -2.40. The molecule has 0 radical (unpaired) electrons. The summed E-state index contributed by atoms with van der Waals surface area (Å²) in [5.41, 5.74) is 5.94. The highest BCUT2D eigenvalue weighted by molar-refractivity contribution is 5.72. The molecule has 0 atom stereocenters.